The molecular weight excluding hydrogens is 384 g/mol. The normalized spacial score (nSPS) is 11.5. The van der Waals surface area contributed by atoms with Gasteiger partial charge in [0.2, 0.25) is 5.88 Å². The van der Waals surface area contributed by atoms with E-state index in [2.05, 4.69) is 10.3 Å². The maximum absolute atomic E-state index is 12.2. The van der Waals surface area contributed by atoms with Crippen LogP contribution in [0.15, 0.2) is 48.7 Å². The summed E-state index contributed by atoms with van der Waals surface area (Å²) in [5, 5.41) is 2.88. The van der Waals surface area contributed by atoms with Crippen molar-refractivity contribution in [2.75, 3.05) is 6.61 Å². The Bertz CT molecular complexity index is 827. The summed E-state index contributed by atoms with van der Waals surface area (Å²) < 4.78 is 16.5. The van der Waals surface area contributed by atoms with Gasteiger partial charge in [-0.2, -0.15) is 0 Å². The van der Waals surface area contributed by atoms with Gasteiger partial charge in [-0.1, -0.05) is 6.07 Å². The summed E-state index contributed by atoms with van der Waals surface area (Å²) in [5.41, 5.74) is -1.08. The van der Waals surface area contributed by atoms with Gasteiger partial charge in [-0.05, 0) is 71.4 Å². The predicted molar refractivity (Wildman–Crippen MR) is 114 cm³/mol. The number of hydrogen-bond donors (Lipinski definition) is 1. The molecule has 0 saturated carbocycles. The topological polar surface area (TPSA) is 86.8 Å². The zero-order valence-electron chi connectivity index (χ0n) is 18.2. The number of carbonyl (C=O) groups excluding carboxylic acids is 2. The minimum atomic E-state index is -0.558. The second-order valence-corrected chi connectivity index (χ2v) is 8.55. The Morgan fingerprint density at radius 1 is 0.967 bits per heavy atom. The fourth-order valence-electron chi connectivity index (χ4n) is 2.56. The lowest BCUT2D eigenvalue weighted by Crippen LogP contribution is -2.45. The first kappa shape index (κ1) is 23.2. The summed E-state index contributed by atoms with van der Waals surface area (Å²) in [6.07, 6.45) is 2.34. The SMILES string of the molecule is CC(C)(CCC(=O)OC(C)(C)C)NC(=O)COc1ccc(Oc2ccccn2)cc1. The lowest BCUT2D eigenvalue weighted by molar-refractivity contribution is -0.155. The van der Waals surface area contributed by atoms with Crippen LogP contribution >= 0.6 is 0 Å². The Morgan fingerprint density at radius 2 is 1.63 bits per heavy atom. The van der Waals surface area contributed by atoms with Crippen LogP contribution in [0.1, 0.15) is 47.5 Å². The summed E-state index contributed by atoms with van der Waals surface area (Å²) in [6, 6.07) is 12.3. The van der Waals surface area contributed by atoms with Gasteiger partial charge in [0.05, 0.1) is 0 Å². The van der Waals surface area contributed by atoms with Crippen molar-refractivity contribution in [3.05, 3.63) is 48.7 Å². The van der Waals surface area contributed by atoms with E-state index in [1.54, 1.807) is 36.5 Å². The first-order valence-electron chi connectivity index (χ1n) is 9.87. The molecule has 0 fully saturated rings. The van der Waals surface area contributed by atoms with Crippen molar-refractivity contribution in [1.29, 1.82) is 0 Å². The van der Waals surface area contributed by atoms with Gasteiger partial charge in [-0.25, -0.2) is 4.98 Å². The molecule has 0 unspecified atom stereocenters. The van der Waals surface area contributed by atoms with Crippen LogP contribution in [-0.4, -0.2) is 34.6 Å². The maximum Gasteiger partial charge on any atom is 0.306 e. The fourth-order valence-corrected chi connectivity index (χ4v) is 2.56. The lowest BCUT2D eigenvalue weighted by atomic mass is 9.98. The number of esters is 1. The van der Waals surface area contributed by atoms with E-state index in [4.69, 9.17) is 14.2 Å². The highest BCUT2D eigenvalue weighted by Gasteiger charge is 2.24. The van der Waals surface area contributed by atoms with Gasteiger partial charge in [-0.15, -0.1) is 0 Å². The third-order valence-electron chi connectivity index (χ3n) is 3.91. The molecule has 0 atom stereocenters. The van der Waals surface area contributed by atoms with E-state index >= 15 is 0 Å². The Labute approximate surface area is 177 Å². The first-order chi connectivity index (χ1) is 14.0. The Hall–Kier alpha value is -3.09. The van der Waals surface area contributed by atoms with Gasteiger partial charge < -0.3 is 19.5 Å². The molecule has 1 aromatic heterocycles. The number of pyridine rings is 1. The van der Waals surface area contributed by atoms with Crippen molar-refractivity contribution in [2.45, 2.75) is 58.6 Å². The van der Waals surface area contributed by atoms with E-state index in [0.717, 1.165) is 0 Å². The molecule has 0 aliphatic carbocycles. The molecule has 162 valence electrons. The van der Waals surface area contributed by atoms with Crippen molar-refractivity contribution in [3.63, 3.8) is 0 Å². The number of aromatic nitrogens is 1. The van der Waals surface area contributed by atoms with Crippen LogP contribution in [0.25, 0.3) is 0 Å². The molecular formula is C23H30N2O5. The molecule has 30 heavy (non-hydrogen) atoms. The number of carbonyl (C=O) groups is 2. The molecule has 1 aromatic carbocycles. The summed E-state index contributed by atoms with van der Waals surface area (Å²) in [6.45, 7) is 9.07. The van der Waals surface area contributed by atoms with Crippen molar-refractivity contribution in [1.82, 2.24) is 10.3 Å². The third kappa shape index (κ3) is 8.94. The Balaban J connectivity index is 1.76. The van der Waals surface area contributed by atoms with Crippen LogP contribution in [-0.2, 0) is 14.3 Å². The van der Waals surface area contributed by atoms with E-state index < -0.39 is 11.1 Å². The summed E-state index contributed by atoms with van der Waals surface area (Å²) in [5.74, 6) is 1.12. The number of hydrogen-bond acceptors (Lipinski definition) is 6. The quantitative estimate of drug-likeness (QED) is 0.617. The smallest absolute Gasteiger partial charge is 0.306 e. The van der Waals surface area contributed by atoms with E-state index in [0.29, 0.717) is 23.8 Å². The van der Waals surface area contributed by atoms with Crippen LogP contribution < -0.4 is 14.8 Å². The molecule has 0 aliphatic rings. The maximum atomic E-state index is 12.2. The molecule has 1 N–H and O–H groups in total. The second-order valence-electron chi connectivity index (χ2n) is 8.55. The van der Waals surface area contributed by atoms with Crippen LogP contribution in [0.2, 0.25) is 0 Å². The summed E-state index contributed by atoms with van der Waals surface area (Å²) in [4.78, 5) is 28.2. The molecule has 1 heterocycles. The average molecular weight is 415 g/mol. The Morgan fingerprint density at radius 3 is 2.23 bits per heavy atom. The molecule has 0 radical (unpaired) electrons. The minimum absolute atomic E-state index is 0.129. The van der Waals surface area contributed by atoms with Crippen molar-refractivity contribution in [3.8, 4) is 17.4 Å². The van der Waals surface area contributed by atoms with Crippen molar-refractivity contribution < 1.29 is 23.8 Å². The standard InChI is InChI=1S/C23H30N2O5/c1-22(2,3)30-21(27)13-14-23(4,5)25-19(26)16-28-17-9-11-18(12-10-17)29-20-8-6-7-15-24-20/h6-12,15H,13-14,16H2,1-5H3,(H,25,26). The lowest BCUT2D eigenvalue weighted by Gasteiger charge is -2.27. The van der Waals surface area contributed by atoms with E-state index in [9.17, 15) is 9.59 Å². The average Bonchev–Trinajstić information content (AvgIpc) is 2.65. The molecule has 1 amide bonds. The van der Waals surface area contributed by atoms with E-state index in [1.807, 2.05) is 46.8 Å². The summed E-state index contributed by atoms with van der Waals surface area (Å²) >= 11 is 0. The number of nitrogens with one attached hydrogen (secondary N) is 1. The highest BCUT2D eigenvalue weighted by atomic mass is 16.6. The molecule has 0 saturated heterocycles. The fraction of sp³-hybridized carbons (Fsp3) is 0.435. The highest BCUT2D eigenvalue weighted by Crippen LogP contribution is 2.22. The number of rotatable bonds is 9. The molecule has 2 rings (SSSR count). The molecule has 2 aromatic rings. The molecule has 0 aliphatic heterocycles. The number of benzene rings is 1. The number of nitrogens with zero attached hydrogens (tertiary/aromatic N) is 1. The van der Waals surface area contributed by atoms with Gasteiger partial charge in [0.15, 0.2) is 6.61 Å². The zero-order chi connectivity index (χ0) is 22.2. The van der Waals surface area contributed by atoms with Gasteiger partial charge in [0.25, 0.3) is 5.91 Å². The zero-order valence-corrected chi connectivity index (χ0v) is 18.2. The minimum Gasteiger partial charge on any atom is -0.484 e. The molecule has 0 spiro atoms. The predicted octanol–water partition coefficient (Wildman–Crippen LogP) is 4.27. The van der Waals surface area contributed by atoms with Gasteiger partial charge in [-0.3, -0.25) is 9.59 Å². The molecule has 0 bridgehead atoms. The van der Waals surface area contributed by atoms with Gasteiger partial charge in [0.1, 0.15) is 17.1 Å². The largest absolute Gasteiger partial charge is 0.484 e. The van der Waals surface area contributed by atoms with Crippen LogP contribution in [0.5, 0.6) is 17.4 Å². The van der Waals surface area contributed by atoms with E-state index in [-0.39, 0.29) is 24.9 Å². The molecule has 7 heteroatoms. The summed E-state index contributed by atoms with van der Waals surface area (Å²) in [7, 11) is 0. The van der Waals surface area contributed by atoms with Crippen LogP contribution in [0.3, 0.4) is 0 Å². The first-order valence-corrected chi connectivity index (χ1v) is 9.87. The number of amides is 1. The number of ether oxygens (including phenoxy) is 3. The monoisotopic (exact) mass is 414 g/mol. The van der Waals surface area contributed by atoms with Crippen LogP contribution in [0.4, 0.5) is 0 Å². The highest BCUT2D eigenvalue weighted by molar-refractivity contribution is 5.78. The van der Waals surface area contributed by atoms with Crippen LogP contribution in [0, 0.1) is 0 Å². The third-order valence-corrected chi connectivity index (χ3v) is 3.91. The van der Waals surface area contributed by atoms with E-state index in [1.165, 1.54) is 0 Å². The Kier molecular flexibility index (Phi) is 7.80. The van der Waals surface area contributed by atoms with Gasteiger partial charge in [0, 0.05) is 24.2 Å². The second kappa shape index (κ2) is 10.1. The van der Waals surface area contributed by atoms with Gasteiger partial charge >= 0.3 is 5.97 Å². The van der Waals surface area contributed by atoms with Crippen molar-refractivity contribution in [2.24, 2.45) is 0 Å². The molecule has 7 nitrogen and oxygen atoms in total. The van der Waals surface area contributed by atoms with Crippen molar-refractivity contribution >= 4 is 11.9 Å².